The lowest BCUT2D eigenvalue weighted by molar-refractivity contribution is 0.542. The van der Waals surface area contributed by atoms with Crippen LogP contribution in [0.15, 0.2) is 34.7 Å². The summed E-state index contributed by atoms with van der Waals surface area (Å²) in [6.45, 7) is 4.24. The molecule has 9 nitrogen and oxygen atoms in total. The zero-order valence-corrected chi connectivity index (χ0v) is 21.7. The molecule has 2 aliphatic rings. The SMILES string of the molecule is Cc1csc(C2(CN)[C@@H]3CN(c4nc5[nH]cc(-c6ccc7nn(C)cc7c6Cl)c5c(=O)n4C)C[C@@H]32)n1. The fourth-order valence-corrected chi connectivity index (χ4v) is 7.65. The van der Waals surface area contributed by atoms with E-state index in [2.05, 4.69) is 20.4 Å². The number of H-pyrrole nitrogens is 1. The van der Waals surface area contributed by atoms with Gasteiger partial charge >= 0.3 is 0 Å². The largest absolute Gasteiger partial charge is 0.345 e. The highest BCUT2D eigenvalue weighted by atomic mass is 35.5. The van der Waals surface area contributed by atoms with Crippen molar-refractivity contribution >= 4 is 50.8 Å². The molecule has 3 atom stereocenters. The minimum absolute atomic E-state index is 0.0420. The van der Waals surface area contributed by atoms with Crippen molar-refractivity contribution in [3.63, 3.8) is 0 Å². The van der Waals surface area contributed by atoms with E-state index in [1.807, 2.05) is 38.5 Å². The second-order valence-corrected chi connectivity index (χ2v) is 11.3. The van der Waals surface area contributed by atoms with Gasteiger partial charge in [-0.1, -0.05) is 17.7 Å². The summed E-state index contributed by atoms with van der Waals surface area (Å²) in [5.74, 6) is 1.51. The van der Waals surface area contributed by atoms with E-state index in [4.69, 9.17) is 27.3 Å². The predicted molar refractivity (Wildman–Crippen MR) is 143 cm³/mol. The summed E-state index contributed by atoms with van der Waals surface area (Å²) in [5.41, 5.74) is 10.1. The lowest BCUT2D eigenvalue weighted by Gasteiger charge is -2.26. The van der Waals surface area contributed by atoms with E-state index in [0.29, 0.717) is 40.4 Å². The Bertz CT molecular complexity index is 1730. The van der Waals surface area contributed by atoms with Crippen molar-refractivity contribution in [1.82, 2.24) is 29.3 Å². The van der Waals surface area contributed by atoms with Crippen LogP contribution in [-0.2, 0) is 19.5 Å². The zero-order chi connectivity index (χ0) is 24.9. The van der Waals surface area contributed by atoms with Crippen molar-refractivity contribution in [2.75, 3.05) is 24.5 Å². The van der Waals surface area contributed by atoms with Gasteiger partial charge in [-0.3, -0.25) is 14.0 Å². The molecule has 0 spiro atoms. The van der Waals surface area contributed by atoms with Gasteiger partial charge in [0.1, 0.15) is 10.7 Å². The third-order valence-electron chi connectivity index (χ3n) is 8.09. The van der Waals surface area contributed by atoms with Crippen LogP contribution in [0, 0.1) is 18.8 Å². The third kappa shape index (κ3) is 2.80. The van der Waals surface area contributed by atoms with E-state index in [1.54, 1.807) is 27.6 Å². The highest BCUT2D eigenvalue weighted by Crippen LogP contribution is 2.63. The predicted octanol–water partition coefficient (Wildman–Crippen LogP) is 3.20. The molecular formula is C25H25ClN8OS. The molecule has 7 rings (SSSR count). The normalized spacial score (nSPS) is 23.2. The van der Waals surface area contributed by atoms with Gasteiger partial charge in [-0.25, -0.2) is 4.98 Å². The number of rotatable bonds is 4. The number of aromatic nitrogens is 6. The summed E-state index contributed by atoms with van der Waals surface area (Å²) in [7, 11) is 3.65. The zero-order valence-electron chi connectivity index (χ0n) is 20.1. The van der Waals surface area contributed by atoms with Gasteiger partial charge in [0.2, 0.25) is 5.95 Å². The van der Waals surface area contributed by atoms with Crippen LogP contribution in [0.3, 0.4) is 0 Å². The molecule has 1 unspecified atom stereocenters. The highest BCUT2D eigenvalue weighted by molar-refractivity contribution is 7.09. The molecule has 1 aliphatic carbocycles. The van der Waals surface area contributed by atoms with E-state index in [0.717, 1.165) is 45.8 Å². The van der Waals surface area contributed by atoms with E-state index < -0.39 is 0 Å². The number of benzene rings is 1. The molecule has 1 aliphatic heterocycles. The van der Waals surface area contributed by atoms with Crippen molar-refractivity contribution in [3.05, 3.63) is 56.0 Å². The quantitative estimate of drug-likeness (QED) is 0.376. The Kier molecular flexibility index (Phi) is 4.53. The molecule has 0 bridgehead atoms. The Labute approximate surface area is 215 Å². The Morgan fingerprint density at radius 2 is 2.00 bits per heavy atom. The van der Waals surface area contributed by atoms with Crippen molar-refractivity contribution in [2.45, 2.75) is 12.3 Å². The number of nitrogens with zero attached hydrogens (tertiary/aromatic N) is 6. The summed E-state index contributed by atoms with van der Waals surface area (Å²) in [6, 6.07) is 3.83. The molecule has 36 heavy (non-hydrogen) atoms. The van der Waals surface area contributed by atoms with Crippen LogP contribution >= 0.6 is 22.9 Å². The topological polar surface area (TPSA) is 111 Å². The molecule has 1 saturated carbocycles. The van der Waals surface area contributed by atoms with Crippen LogP contribution in [0.5, 0.6) is 0 Å². The minimum Gasteiger partial charge on any atom is -0.345 e. The maximum absolute atomic E-state index is 13.6. The Balaban J connectivity index is 1.26. The van der Waals surface area contributed by atoms with Gasteiger partial charge < -0.3 is 15.6 Å². The number of thiazole rings is 1. The van der Waals surface area contributed by atoms with E-state index in [1.165, 1.54) is 0 Å². The van der Waals surface area contributed by atoms with Gasteiger partial charge in [-0.2, -0.15) is 10.1 Å². The van der Waals surface area contributed by atoms with Crippen molar-refractivity contribution in [3.8, 4) is 11.1 Å². The first-order valence-electron chi connectivity index (χ1n) is 11.9. The van der Waals surface area contributed by atoms with Gasteiger partial charge in [0.05, 0.1) is 15.9 Å². The molecule has 5 aromatic rings. The summed E-state index contributed by atoms with van der Waals surface area (Å²) < 4.78 is 3.39. The number of nitrogens with one attached hydrogen (secondary N) is 1. The lowest BCUT2D eigenvalue weighted by atomic mass is 10.0. The molecular weight excluding hydrogens is 496 g/mol. The van der Waals surface area contributed by atoms with Crippen LogP contribution in [0.2, 0.25) is 5.02 Å². The molecule has 4 aromatic heterocycles. The van der Waals surface area contributed by atoms with Crippen molar-refractivity contribution in [1.29, 1.82) is 0 Å². The lowest BCUT2D eigenvalue weighted by Crippen LogP contribution is -2.37. The minimum atomic E-state index is -0.102. The maximum Gasteiger partial charge on any atom is 0.264 e. The smallest absolute Gasteiger partial charge is 0.264 e. The van der Waals surface area contributed by atoms with Gasteiger partial charge in [0.15, 0.2) is 0 Å². The maximum atomic E-state index is 13.6. The monoisotopic (exact) mass is 520 g/mol. The number of piperidine rings is 1. The highest BCUT2D eigenvalue weighted by Gasteiger charge is 2.69. The number of hydrogen-bond acceptors (Lipinski definition) is 7. The van der Waals surface area contributed by atoms with Crippen LogP contribution in [0.25, 0.3) is 33.1 Å². The van der Waals surface area contributed by atoms with Gasteiger partial charge in [0.25, 0.3) is 5.56 Å². The Hall–Kier alpha value is -3.21. The number of nitrogens with two attached hydrogens (primary N) is 1. The number of hydrogen-bond donors (Lipinski definition) is 2. The van der Waals surface area contributed by atoms with Gasteiger partial charge in [0, 0.05) is 79.1 Å². The average Bonchev–Trinajstić information content (AvgIpc) is 3.46. The summed E-state index contributed by atoms with van der Waals surface area (Å²) in [5, 5.41) is 9.62. The van der Waals surface area contributed by atoms with Gasteiger partial charge in [-0.05, 0) is 24.8 Å². The average molecular weight is 521 g/mol. The Morgan fingerprint density at radius 3 is 2.69 bits per heavy atom. The Morgan fingerprint density at radius 1 is 1.22 bits per heavy atom. The molecule has 11 heteroatoms. The number of aromatic amines is 1. The number of anilines is 1. The molecule has 2 fully saturated rings. The van der Waals surface area contributed by atoms with Crippen LogP contribution in [0.4, 0.5) is 5.95 Å². The van der Waals surface area contributed by atoms with E-state index in [9.17, 15) is 4.79 Å². The van der Waals surface area contributed by atoms with Gasteiger partial charge in [-0.15, -0.1) is 11.3 Å². The second kappa shape index (κ2) is 7.41. The van der Waals surface area contributed by atoms with Crippen molar-refractivity contribution in [2.24, 2.45) is 31.7 Å². The summed E-state index contributed by atoms with van der Waals surface area (Å²) in [6.07, 6.45) is 3.70. The van der Waals surface area contributed by atoms with Crippen LogP contribution in [0.1, 0.15) is 10.7 Å². The van der Waals surface area contributed by atoms with Crippen LogP contribution < -0.4 is 16.2 Å². The third-order valence-corrected chi connectivity index (χ3v) is 9.65. The fourth-order valence-electron chi connectivity index (χ4n) is 6.20. The van der Waals surface area contributed by atoms with E-state index >= 15 is 0 Å². The summed E-state index contributed by atoms with van der Waals surface area (Å²) >= 11 is 8.47. The number of fused-ring (bicyclic) bond motifs is 3. The first-order valence-corrected chi connectivity index (χ1v) is 13.2. The van der Waals surface area contributed by atoms with Crippen molar-refractivity contribution < 1.29 is 0 Å². The molecule has 184 valence electrons. The number of aryl methyl sites for hydroxylation is 2. The molecule has 0 amide bonds. The van der Waals surface area contributed by atoms with Crippen LogP contribution in [-0.4, -0.2) is 48.9 Å². The standard InChI is InChI=1S/C25H25ClN8OS/c1-12-10-36-23(29-12)25(11-27)16-8-34(9-17(16)25)24-30-21-19(22(35)33(24)3)14(6-28-21)13-4-5-18-15(20(13)26)7-32(2)31-18/h4-7,10,16-17,28H,8-9,11,27H2,1-3H3/t16-,17+,25?. The first-order chi connectivity index (χ1) is 17.3. The molecule has 0 radical (unpaired) electrons. The molecule has 5 heterocycles. The molecule has 3 N–H and O–H groups in total. The molecule has 1 aromatic carbocycles. The second-order valence-electron chi connectivity index (χ2n) is 10.0. The van der Waals surface area contributed by atoms with E-state index in [-0.39, 0.29) is 11.0 Å². The fraction of sp³-hybridized carbons (Fsp3) is 0.360. The first kappa shape index (κ1) is 22.0. The number of halogens is 1. The molecule has 1 saturated heterocycles. The summed E-state index contributed by atoms with van der Waals surface area (Å²) in [4.78, 5) is 28.7.